The van der Waals surface area contributed by atoms with Gasteiger partial charge in [-0.15, -0.1) is 0 Å². The van der Waals surface area contributed by atoms with Gasteiger partial charge in [-0.1, -0.05) is 29.8 Å². The maximum absolute atomic E-state index is 11.6. The molecule has 1 rings (SSSR count). The first-order valence-corrected chi connectivity index (χ1v) is 5.83. The third kappa shape index (κ3) is 4.57. The summed E-state index contributed by atoms with van der Waals surface area (Å²) < 4.78 is 5.11. The highest BCUT2D eigenvalue weighted by molar-refractivity contribution is 5.74. The maximum atomic E-state index is 11.6. The number of alkyl carbamates (subject to hydrolysis) is 1. The van der Waals surface area contributed by atoms with Crippen molar-refractivity contribution in [3.63, 3.8) is 0 Å². The zero-order valence-electron chi connectivity index (χ0n) is 11.2. The lowest BCUT2D eigenvalue weighted by molar-refractivity contribution is -0.109. The Labute approximate surface area is 107 Å². The monoisotopic (exact) mass is 249 g/mol. The smallest absolute Gasteiger partial charge is 0.408 e. The van der Waals surface area contributed by atoms with E-state index in [4.69, 9.17) is 4.74 Å². The van der Waals surface area contributed by atoms with Crippen molar-refractivity contribution in [3.8, 4) is 0 Å². The molecule has 1 atom stereocenters. The van der Waals surface area contributed by atoms with Gasteiger partial charge < -0.3 is 14.8 Å². The van der Waals surface area contributed by atoms with E-state index in [1.807, 2.05) is 25.1 Å². The van der Waals surface area contributed by atoms with Gasteiger partial charge in [-0.05, 0) is 33.3 Å². The van der Waals surface area contributed by atoms with Crippen LogP contribution in [0.25, 0.3) is 0 Å². The predicted molar refractivity (Wildman–Crippen MR) is 69.4 cm³/mol. The summed E-state index contributed by atoms with van der Waals surface area (Å²) in [4.78, 5) is 22.6. The van der Waals surface area contributed by atoms with Crippen LogP contribution < -0.4 is 5.32 Å². The number of hydrogen-bond donors (Lipinski definition) is 1. The molecule has 1 unspecified atom stereocenters. The van der Waals surface area contributed by atoms with E-state index in [0.29, 0.717) is 6.29 Å². The Balaban J connectivity index is 2.74. The molecule has 0 aliphatic rings. The molecule has 0 saturated heterocycles. The molecule has 1 aromatic rings. The molecule has 0 spiro atoms. The Morgan fingerprint density at radius 1 is 1.39 bits per heavy atom. The van der Waals surface area contributed by atoms with Crippen molar-refractivity contribution in [1.29, 1.82) is 0 Å². The van der Waals surface area contributed by atoms with Gasteiger partial charge in [-0.3, -0.25) is 0 Å². The Morgan fingerprint density at radius 3 is 2.56 bits per heavy atom. The van der Waals surface area contributed by atoms with E-state index in [2.05, 4.69) is 5.32 Å². The van der Waals surface area contributed by atoms with Gasteiger partial charge in [0.15, 0.2) is 0 Å². The van der Waals surface area contributed by atoms with E-state index in [9.17, 15) is 9.59 Å². The molecule has 0 heterocycles. The van der Waals surface area contributed by atoms with Gasteiger partial charge in [0.25, 0.3) is 0 Å². The first-order chi connectivity index (χ1) is 8.31. The molecule has 1 amide bonds. The van der Waals surface area contributed by atoms with Crippen LogP contribution in [-0.2, 0) is 9.53 Å². The highest BCUT2D eigenvalue weighted by Gasteiger charge is 2.20. The molecule has 98 valence electrons. The van der Waals surface area contributed by atoms with E-state index < -0.39 is 17.7 Å². The Hall–Kier alpha value is -1.84. The Kier molecular flexibility index (Phi) is 4.48. The number of ether oxygens (including phenoxy) is 1. The summed E-state index contributed by atoms with van der Waals surface area (Å²) >= 11 is 0. The standard InChI is InChI=1S/C14H19NO3/c1-10-6-5-7-11(8-10)12(9-16)15-13(17)18-14(2,3)4/h5-9,12H,1-4H3,(H,15,17). The molecule has 0 saturated carbocycles. The summed E-state index contributed by atoms with van der Waals surface area (Å²) in [7, 11) is 0. The zero-order valence-corrected chi connectivity index (χ0v) is 11.2. The highest BCUT2D eigenvalue weighted by atomic mass is 16.6. The van der Waals surface area contributed by atoms with Gasteiger partial charge in [-0.2, -0.15) is 0 Å². The SMILES string of the molecule is Cc1cccc(C(C=O)NC(=O)OC(C)(C)C)c1. The number of nitrogens with one attached hydrogen (secondary N) is 1. The van der Waals surface area contributed by atoms with Gasteiger partial charge in [-0.25, -0.2) is 4.79 Å². The highest BCUT2D eigenvalue weighted by Crippen LogP contribution is 2.14. The zero-order chi connectivity index (χ0) is 13.8. The molecule has 0 aliphatic carbocycles. The van der Waals surface area contributed by atoms with Crippen molar-refractivity contribution in [3.05, 3.63) is 35.4 Å². The van der Waals surface area contributed by atoms with Crippen molar-refractivity contribution < 1.29 is 14.3 Å². The molecule has 0 radical (unpaired) electrons. The van der Waals surface area contributed by atoms with E-state index in [0.717, 1.165) is 11.1 Å². The molecule has 1 aromatic carbocycles. The molecule has 4 nitrogen and oxygen atoms in total. The van der Waals surface area contributed by atoms with Crippen molar-refractivity contribution in [1.82, 2.24) is 5.32 Å². The number of amides is 1. The number of hydrogen-bond acceptors (Lipinski definition) is 3. The van der Waals surface area contributed by atoms with Gasteiger partial charge in [0.2, 0.25) is 0 Å². The fourth-order valence-electron chi connectivity index (χ4n) is 1.49. The number of carbonyl (C=O) groups excluding carboxylic acids is 2. The summed E-state index contributed by atoms with van der Waals surface area (Å²) in [5.41, 5.74) is 1.20. The minimum Gasteiger partial charge on any atom is -0.444 e. The molecule has 1 N–H and O–H groups in total. The lowest BCUT2D eigenvalue weighted by Crippen LogP contribution is -2.35. The molecular formula is C14H19NO3. The van der Waals surface area contributed by atoms with Crippen LogP contribution in [0.15, 0.2) is 24.3 Å². The number of aryl methyl sites for hydroxylation is 1. The molecular weight excluding hydrogens is 230 g/mol. The summed E-state index contributed by atoms with van der Waals surface area (Å²) in [5, 5.41) is 2.54. The fourth-order valence-corrected chi connectivity index (χ4v) is 1.49. The van der Waals surface area contributed by atoms with Crippen LogP contribution in [0.4, 0.5) is 4.79 Å². The minimum atomic E-state index is -0.681. The van der Waals surface area contributed by atoms with E-state index >= 15 is 0 Å². The molecule has 0 aliphatic heterocycles. The summed E-state index contributed by atoms with van der Waals surface area (Å²) in [5.74, 6) is 0. The first kappa shape index (κ1) is 14.2. The maximum Gasteiger partial charge on any atom is 0.408 e. The van der Waals surface area contributed by atoms with Gasteiger partial charge in [0.05, 0.1) is 0 Å². The predicted octanol–water partition coefficient (Wildman–Crippen LogP) is 2.76. The van der Waals surface area contributed by atoms with Crippen LogP contribution in [0.1, 0.15) is 37.9 Å². The quantitative estimate of drug-likeness (QED) is 0.838. The van der Waals surface area contributed by atoms with Crippen LogP contribution in [0.3, 0.4) is 0 Å². The topological polar surface area (TPSA) is 55.4 Å². The summed E-state index contributed by atoms with van der Waals surface area (Å²) in [6.45, 7) is 7.25. The second kappa shape index (κ2) is 5.67. The molecule has 0 bridgehead atoms. The Bertz CT molecular complexity index is 435. The second-order valence-corrected chi connectivity index (χ2v) is 5.17. The lowest BCUT2D eigenvalue weighted by atomic mass is 10.1. The first-order valence-electron chi connectivity index (χ1n) is 5.83. The van der Waals surface area contributed by atoms with E-state index in [1.165, 1.54) is 0 Å². The van der Waals surface area contributed by atoms with Crippen LogP contribution in [0, 0.1) is 6.92 Å². The number of aldehydes is 1. The van der Waals surface area contributed by atoms with Gasteiger partial charge in [0, 0.05) is 0 Å². The second-order valence-electron chi connectivity index (χ2n) is 5.17. The average Bonchev–Trinajstić information content (AvgIpc) is 2.23. The third-order valence-corrected chi connectivity index (χ3v) is 2.21. The van der Waals surface area contributed by atoms with Crippen molar-refractivity contribution >= 4 is 12.4 Å². The summed E-state index contributed by atoms with van der Waals surface area (Å²) in [6, 6.07) is 6.75. The van der Waals surface area contributed by atoms with Gasteiger partial charge in [0.1, 0.15) is 17.9 Å². The molecule has 0 fully saturated rings. The molecule has 4 heteroatoms. The lowest BCUT2D eigenvalue weighted by Gasteiger charge is -2.21. The van der Waals surface area contributed by atoms with E-state index in [1.54, 1.807) is 26.8 Å². The minimum absolute atomic E-state index is 0.579. The fraction of sp³-hybridized carbons (Fsp3) is 0.429. The van der Waals surface area contributed by atoms with E-state index in [-0.39, 0.29) is 0 Å². The molecule has 0 aromatic heterocycles. The third-order valence-electron chi connectivity index (χ3n) is 2.21. The van der Waals surface area contributed by atoms with Crippen LogP contribution in [0.5, 0.6) is 0 Å². The number of rotatable bonds is 3. The number of benzene rings is 1. The van der Waals surface area contributed by atoms with Crippen LogP contribution >= 0.6 is 0 Å². The summed E-state index contributed by atoms with van der Waals surface area (Å²) in [6.07, 6.45) is 0.0970. The molecule has 18 heavy (non-hydrogen) atoms. The van der Waals surface area contributed by atoms with Crippen LogP contribution in [-0.4, -0.2) is 18.0 Å². The van der Waals surface area contributed by atoms with Crippen molar-refractivity contribution in [2.75, 3.05) is 0 Å². The van der Waals surface area contributed by atoms with Crippen molar-refractivity contribution in [2.24, 2.45) is 0 Å². The normalized spacial score (nSPS) is 12.7. The largest absolute Gasteiger partial charge is 0.444 e. The number of carbonyl (C=O) groups is 2. The van der Waals surface area contributed by atoms with Crippen molar-refractivity contribution in [2.45, 2.75) is 39.3 Å². The average molecular weight is 249 g/mol. The van der Waals surface area contributed by atoms with Crippen LogP contribution in [0.2, 0.25) is 0 Å². The Morgan fingerprint density at radius 2 is 2.06 bits per heavy atom. The van der Waals surface area contributed by atoms with Gasteiger partial charge >= 0.3 is 6.09 Å².